The minimum Gasteiger partial charge on any atom is -0.697 e. The molecular weight excluding hydrogens is 421 g/mol. The normalized spacial score (nSPS) is 14.9. The zero-order chi connectivity index (χ0) is 18.1. The third-order valence-electron chi connectivity index (χ3n) is 2.88. The molecule has 0 aromatic heterocycles. The SMILES string of the molecule is [Fe].[NH-]c1cc(N)c(S(=O)(=O)O)cc1N/N=C1/C=C([N+](=O)[O-])C=CC1=O.[Na+]. The average molecular weight is 431 g/mol. The Hall–Kier alpha value is -1.73. The quantitative estimate of drug-likeness (QED) is 0.125. The number of hydrazone groups is 1. The maximum atomic E-state index is 11.6. The summed E-state index contributed by atoms with van der Waals surface area (Å²) in [5.74, 6) is -0.620. The average Bonchev–Trinajstić information content (AvgIpc) is 2.46. The molecule has 0 aliphatic heterocycles. The van der Waals surface area contributed by atoms with Crippen LogP contribution in [0.2, 0.25) is 0 Å². The van der Waals surface area contributed by atoms with E-state index < -0.39 is 25.7 Å². The predicted molar refractivity (Wildman–Crippen MR) is 84.9 cm³/mol. The molecule has 0 spiro atoms. The minimum atomic E-state index is -4.62. The standard InChI is InChI=1S/C12H11N5O6S.Fe.Na/c13-7-4-8(14)12(24(21,22)23)5-9(7)15-16-10-3-6(17(19)20)1-2-11(10)18;;/h1-5H,(H6,13,14,15,16,18,21,22,23);;/q;;+1/p-1. The van der Waals surface area contributed by atoms with Crippen molar-refractivity contribution in [1.82, 2.24) is 0 Å². The number of allylic oxidation sites excluding steroid dienone is 3. The van der Waals surface area contributed by atoms with Crippen LogP contribution in [0.5, 0.6) is 0 Å². The molecule has 2 rings (SSSR count). The van der Waals surface area contributed by atoms with E-state index in [-0.39, 0.29) is 75.1 Å². The minimum absolute atomic E-state index is 0. The van der Waals surface area contributed by atoms with Crippen molar-refractivity contribution < 1.29 is 69.3 Å². The van der Waals surface area contributed by atoms with Crippen LogP contribution in [0, 0.1) is 10.1 Å². The van der Waals surface area contributed by atoms with E-state index in [2.05, 4.69) is 10.5 Å². The zero-order valence-corrected chi connectivity index (χ0v) is 17.0. The first-order valence-electron chi connectivity index (χ1n) is 6.14. The molecule has 0 saturated carbocycles. The van der Waals surface area contributed by atoms with E-state index in [0.29, 0.717) is 0 Å². The van der Waals surface area contributed by atoms with Gasteiger partial charge in [-0.1, -0.05) is 6.07 Å². The van der Waals surface area contributed by atoms with Gasteiger partial charge < -0.3 is 11.5 Å². The summed E-state index contributed by atoms with van der Waals surface area (Å²) < 4.78 is 31.5. The molecule has 0 amide bonds. The van der Waals surface area contributed by atoms with Crippen molar-refractivity contribution in [3.05, 3.63) is 51.9 Å². The molecule has 0 bridgehead atoms. The maximum Gasteiger partial charge on any atom is 1.00 e. The Morgan fingerprint density at radius 2 is 1.92 bits per heavy atom. The topological polar surface area (TPSA) is 189 Å². The van der Waals surface area contributed by atoms with Gasteiger partial charge in [0.15, 0.2) is 0 Å². The predicted octanol–water partition coefficient (Wildman–Crippen LogP) is -1.73. The fourth-order valence-corrected chi connectivity index (χ4v) is 2.36. The number of benzene rings is 1. The van der Waals surface area contributed by atoms with Gasteiger partial charge in [-0.2, -0.15) is 13.5 Å². The molecule has 26 heavy (non-hydrogen) atoms. The molecule has 134 valence electrons. The number of nitro groups is 1. The van der Waals surface area contributed by atoms with Crippen LogP contribution in [0.4, 0.5) is 17.1 Å². The van der Waals surface area contributed by atoms with Gasteiger partial charge in [-0.3, -0.25) is 24.9 Å². The molecule has 0 atom stereocenters. The second kappa shape index (κ2) is 9.28. The third kappa shape index (κ3) is 5.64. The summed E-state index contributed by atoms with van der Waals surface area (Å²) in [4.78, 5) is 21.0. The van der Waals surface area contributed by atoms with Gasteiger partial charge in [0.25, 0.3) is 15.8 Å². The number of carbonyl (C=O) groups is 1. The van der Waals surface area contributed by atoms with Gasteiger partial charge in [0.05, 0.1) is 10.6 Å². The molecule has 0 heterocycles. The third-order valence-corrected chi connectivity index (χ3v) is 3.79. The summed E-state index contributed by atoms with van der Waals surface area (Å²) in [6.45, 7) is 0. The Labute approximate surface area is 180 Å². The maximum absolute atomic E-state index is 11.6. The fourth-order valence-electron chi connectivity index (χ4n) is 1.74. The smallest absolute Gasteiger partial charge is 0.697 e. The number of ketones is 1. The van der Waals surface area contributed by atoms with Crippen molar-refractivity contribution >= 4 is 38.7 Å². The van der Waals surface area contributed by atoms with Crippen LogP contribution in [0.1, 0.15) is 0 Å². The monoisotopic (exact) mass is 431 g/mol. The number of nitrogens with zero attached hydrogens (tertiary/aromatic N) is 2. The zero-order valence-electron chi connectivity index (χ0n) is 13.1. The van der Waals surface area contributed by atoms with E-state index in [1.54, 1.807) is 0 Å². The molecule has 11 nitrogen and oxygen atoms in total. The molecule has 14 heteroatoms. The van der Waals surface area contributed by atoms with E-state index in [0.717, 1.165) is 30.4 Å². The summed E-state index contributed by atoms with van der Waals surface area (Å²) in [6.07, 6.45) is 2.88. The van der Waals surface area contributed by atoms with Crippen LogP contribution in [0.3, 0.4) is 0 Å². The van der Waals surface area contributed by atoms with Crippen LogP contribution < -0.4 is 40.7 Å². The fraction of sp³-hybridized carbons (Fsp3) is 0. The number of hydrogen-bond acceptors (Lipinski definition) is 8. The van der Waals surface area contributed by atoms with Gasteiger partial charge in [0.2, 0.25) is 5.78 Å². The first-order valence-corrected chi connectivity index (χ1v) is 7.58. The van der Waals surface area contributed by atoms with E-state index >= 15 is 0 Å². The number of anilines is 2. The number of nitrogens with one attached hydrogen (secondary N) is 2. The van der Waals surface area contributed by atoms with Gasteiger partial charge in [-0.15, -0.1) is 5.69 Å². The second-order valence-corrected chi connectivity index (χ2v) is 5.93. The van der Waals surface area contributed by atoms with Gasteiger partial charge in [-0.25, -0.2) is 0 Å². The van der Waals surface area contributed by atoms with Crippen LogP contribution in [0.15, 0.2) is 46.1 Å². The Bertz CT molecular complexity index is 944. The molecule has 0 saturated heterocycles. The number of hydrogen-bond donors (Lipinski definition) is 3. The van der Waals surface area contributed by atoms with Crippen LogP contribution in [0.25, 0.3) is 5.73 Å². The molecule has 5 N–H and O–H groups in total. The van der Waals surface area contributed by atoms with Gasteiger partial charge in [0.1, 0.15) is 10.6 Å². The Morgan fingerprint density at radius 3 is 2.46 bits per heavy atom. The van der Waals surface area contributed by atoms with Gasteiger partial charge >= 0.3 is 29.6 Å². The van der Waals surface area contributed by atoms with Crippen LogP contribution >= 0.6 is 0 Å². The van der Waals surface area contributed by atoms with E-state index in [1.165, 1.54) is 0 Å². The van der Waals surface area contributed by atoms with Crippen molar-refractivity contribution in [2.45, 2.75) is 4.90 Å². The summed E-state index contributed by atoms with van der Waals surface area (Å²) >= 11 is 0. The molecule has 1 aromatic rings. The first-order chi connectivity index (χ1) is 11.1. The molecular formula is C12H10FeN5NaO6S. The Kier molecular flexibility index (Phi) is 8.66. The molecule has 1 aromatic carbocycles. The van der Waals surface area contributed by atoms with E-state index in [4.69, 9.17) is 16.0 Å². The molecule has 0 radical (unpaired) electrons. The van der Waals surface area contributed by atoms with Crippen molar-refractivity contribution in [3.63, 3.8) is 0 Å². The number of nitrogens with two attached hydrogens (primary N) is 1. The summed E-state index contributed by atoms with van der Waals surface area (Å²) in [6, 6.07) is 1.82. The summed E-state index contributed by atoms with van der Waals surface area (Å²) in [5, 5.41) is 14.3. The van der Waals surface area contributed by atoms with Crippen molar-refractivity contribution in [1.29, 1.82) is 0 Å². The van der Waals surface area contributed by atoms with Crippen molar-refractivity contribution in [2.75, 3.05) is 11.2 Å². The van der Waals surface area contributed by atoms with Gasteiger partial charge in [0, 0.05) is 34.9 Å². The molecule has 0 fully saturated rings. The van der Waals surface area contributed by atoms with Crippen molar-refractivity contribution in [3.8, 4) is 0 Å². The molecule has 0 unspecified atom stereocenters. The van der Waals surface area contributed by atoms with Gasteiger partial charge in [-0.05, 0) is 12.1 Å². The second-order valence-electron chi connectivity index (χ2n) is 4.54. The summed E-state index contributed by atoms with van der Waals surface area (Å²) in [7, 11) is -4.62. The Morgan fingerprint density at radius 1 is 1.31 bits per heavy atom. The summed E-state index contributed by atoms with van der Waals surface area (Å²) in [5.41, 5.74) is 13.9. The van der Waals surface area contributed by atoms with Crippen LogP contribution in [-0.4, -0.2) is 29.4 Å². The number of carbonyl (C=O) groups excluding carboxylic acids is 1. The number of rotatable bonds is 4. The number of nitrogen functional groups attached to an aromatic ring is 1. The van der Waals surface area contributed by atoms with E-state index in [1.807, 2.05) is 0 Å². The van der Waals surface area contributed by atoms with Crippen LogP contribution in [-0.2, 0) is 32.0 Å². The van der Waals surface area contributed by atoms with Crippen molar-refractivity contribution in [2.24, 2.45) is 5.10 Å². The first kappa shape index (κ1) is 24.3. The van der Waals surface area contributed by atoms with E-state index in [9.17, 15) is 23.3 Å². The Balaban J connectivity index is 0.00000312. The molecule has 1 aliphatic carbocycles. The largest absolute Gasteiger partial charge is 1.00 e. The molecule has 1 aliphatic rings.